The van der Waals surface area contributed by atoms with E-state index in [2.05, 4.69) is 21.3 Å². The summed E-state index contributed by atoms with van der Waals surface area (Å²) < 4.78 is 0. The van der Waals surface area contributed by atoms with Gasteiger partial charge in [-0.1, -0.05) is 12.1 Å². The van der Waals surface area contributed by atoms with Gasteiger partial charge < -0.3 is 10.2 Å². The van der Waals surface area contributed by atoms with Crippen molar-refractivity contribution in [2.45, 2.75) is 25.8 Å². The fourth-order valence-corrected chi connectivity index (χ4v) is 3.02. The highest BCUT2D eigenvalue weighted by atomic mass is 16.6. The third kappa shape index (κ3) is 4.32. The first-order valence-corrected chi connectivity index (χ1v) is 8.20. The van der Waals surface area contributed by atoms with E-state index in [0.29, 0.717) is 0 Å². The zero-order valence-corrected chi connectivity index (χ0v) is 14.0. The third-order valence-electron chi connectivity index (χ3n) is 4.29. The van der Waals surface area contributed by atoms with E-state index in [0.717, 1.165) is 36.3 Å². The summed E-state index contributed by atoms with van der Waals surface area (Å²) in [4.78, 5) is 28.8. The van der Waals surface area contributed by atoms with Crippen LogP contribution in [0.1, 0.15) is 17.5 Å². The minimum atomic E-state index is -0.447. The van der Waals surface area contributed by atoms with Gasteiger partial charge >= 0.3 is 0 Å². The molecule has 7 heteroatoms. The number of hydrogen-bond acceptors (Lipinski definition) is 5. The molecule has 0 saturated carbocycles. The Balaban J connectivity index is 1.52. The Labute approximate surface area is 145 Å². The van der Waals surface area contributed by atoms with Crippen LogP contribution in [0.15, 0.2) is 42.7 Å². The predicted molar refractivity (Wildman–Crippen MR) is 94.5 cm³/mol. The normalized spacial score (nSPS) is 16.7. The molecule has 1 aliphatic heterocycles. The summed E-state index contributed by atoms with van der Waals surface area (Å²) in [5.74, 6) is -0.0666. The van der Waals surface area contributed by atoms with Crippen LogP contribution in [-0.2, 0) is 11.2 Å². The summed E-state index contributed by atoms with van der Waals surface area (Å²) in [6.07, 6.45) is 4.78. The molecule has 0 spiro atoms. The van der Waals surface area contributed by atoms with Crippen molar-refractivity contribution in [3.63, 3.8) is 0 Å². The molecule has 1 atom stereocenters. The number of carbonyl (C=O) groups excluding carboxylic acids is 1. The maximum Gasteiger partial charge on any atom is 0.269 e. The number of rotatable bonds is 5. The van der Waals surface area contributed by atoms with Crippen molar-refractivity contribution < 1.29 is 9.72 Å². The summed E-state index contributed by atoms with van der Waals surface area (Å²) in [5, 5.41) is 13.7. The molecule has 130 valence electrons. The molecule has 1 aromatic carbocycles. The van der Waals surface area contributed by atoms with Gasteiger partial charge in [0.1, 0.15) is 0 Å². The van der Waals surface area contributed by atoms with Crippen molar-refractivity contribution in [2.24, 2.45) is 0 Å². The SMILES string of the molecule is Cc1cncc(N2CC[C@@H](NC(=O)Cc3ccc([N+](=O)[O-])cc3)C2)c1. The smallest absolute Gasteiger partial charge is 0.269 e. The standard InChI is InChI=1S/C18H20N4O3/c1-13-8-17(11-19-10-13)21-7-6-15(12-21)20-18(23)9-14-2-4-16(5-3-14)22(24)25/h2-5,8,10-11,15H,6-7,9,12H2,1H3,(H,20,23)/t15-/m1/s1. The van der Waals surface area contributed by atoms with Crippen molar-refractivity contribution in [1.82, 2.24) is 10.3 Å². The van der Waals surface area contributed by atoms with E-state index in [9.17, 15) is 14.9 Å². The van der Waals surface area contributed by atoms with Crippen molar-refractivity contribution in [1.29, 1.82) is 0 Å². The van der Waals surface area contributed by atoms with Gasteiger partial charge in [-0.15, -0.1) is 0 Å². The number of benzene rings is 1. The molecule has 0 unspecified atom stereocenters. The van der Waals surface area contributed by atoms with Gasteiger partial charge in [-0.25, -0.2) is 0 Å². The van der Waals surface area contributed by atoms with Gasteiger partial charge in [0.15, 0.2) is 0 Å². The van der Waals surface area contributed by atoms with E-state index in [1.165, 1.54) is 12.1 Å². The van der Waals surface area contributed by atoms with Crippen LogP contribution in [0.3, 0.4) is 0 Å². The number of nitro benzene ring substituents is 1. The average Bonchev–Trinajstić information content (AvgIpc) is 3.03. The second-order valence-corrected chi connectivity index (χ2v) is 6.32. The molecule has 25 heavy (non-hydrogen) atoms. The predicted octanol–water partition coefficient (Wildman–Crippen LogP) is 2.24. The Kier molecular flexibility index (Phi) is 4.92. The number of aromatic nitrogens is 1. The minimum Gasteiger partial charge on any atom is -0.368 e. The molecule has 2 aromatic rings. The number of carbonyl (C=O) groups is 1. The number of pyridine rings is 1. The Morgan fingerprint density at radius 3 is 2.80 bits per heavy atom. The lowest BCUT2D eigenvalue weighted by Crippen LogP contribution is -2.38. The van der Waals surface area contributed by atoms with Crippen LogP contribution < -0.4 is 10.2 Å². The fourth-order valence-electron chi connectivity index (χ4n) is 3.02. The number of non-ortho nitro benzene ring substituents is 1. The number of anilines is 1. The van der Waals surface area contributed by atoms with E-state index in [4.69, 9.17) is 0 Å². The second-order valence-electron chi connectivity index (χ2n) is 6.32. The molecule has 1 amide bonds. The van der Waals surface area contributed by atoms with Gasteiger partial charge in [0, 0.05) is 37.5 Å². The first kappa shape index (κ1) is 16.9. The second kappa shape index (κ2) is 7.29. The number of amides is 1. The van der Waals surface area contributed by atoms with E-state index in [1.807, 2.05) is 19.3 Å². The Bertz CT molecular complexity index is 776. The van der Waals surface area contributed by atoms with Crippen molar-refractivity contribution in [3.8, 4) is 0 Å². The van der Waals surface area contributed by atoms with Gasteiger partial charge in [0.2, 0.25) is 5.91 Å². The van der Waals surface area contributed by atoms with Gasteiger partial charge in [-0.05, 0) is 30.5 Å². The molecule has 0 radical (unpaired) electrons. The van der Waals surface area contributed by atoms with Crippen LogP contribution in [0.4, 0.5) is 11.4 Å². The highest BCUT2D eigenvalue weighted by molar-refractivity contribution is 5.79. The molecule has 0 aliphatic carbocycles. The number of nitrogens with zero attached hydrogens (tertiary/aromatic N) is 3. The van der Waals surface area contributed by atoms with Crippen molar-refractivity contribution >= 4 is 17.3 Å². The zero-order chi connectivity index (χ0) is 17.8. The van der Waals surface area contributed by atoms with Crippen LogP contribution >= 0.6 is 0 Å². The molecule has 1 saturated heterocycles. The minimum absolute atomic E-state index is 0.0300. The van der Waals surface area contributed by atoms with Gasteiger partial charge in [-0.2, -0.15) is 0 Å². The van der Waals surface area contributed by atoms with Crippen LogP contribution in [-0.4, -0.2) is 34.9 Å². The maximum atomic E-state index is 12.2. The van der Waals surface area contributed by atoms with Gasteiger partial charge in [0.25, 0.3) is 5.69 Å². The molecule has 1 aliphatic rings. The highest BCUT2D eigenvalue weighted by Gasteiger charge is 2.24. The molecule has 2 heterocycles. The lowest BCUT2D eigenvalue weighted by molar-refractivity contribution is -0.384. The van der Waals surface area contributed by atoms with E-state index in [1.54, 1.807) is 12.1 Å². The van der Waals surface area contributed by atoms with Crippen LogP contribution in [0.25, 0.3) is 0 Å². The summed E-state index contributed by atoms with van der Waals surface area (Å²) in [6, 6.07) is 8.28. The van der Waals surface area contributed by atoms with Gasteiger partial charge in [-0.3, -0.25) is 19.9 Å². The number of nitro groups is 1. The lowest BCUT2D eigenvalue weighted by Gasteiger charge is -2.19. The van der Waals surface area contributed by atoms with E-state index < -0.39 is 4.92 Å². The summed E-state index contributed by atoms with van der Waals surface area (Å²) in [7, 11) is 0. The van der Waals surface area contributed by atoms with Crippen molar-refractivity contribution in [2.75, 3.05) is 18.0 Å². The first-order chi connectivity index (χ1) is 12.0. The number of aryl methyl sites for hydroxylation is 1. The third-order valence-corrected chi connectivity index (χ3v) is 4.29. The molecule has 0 bridgehead atoms. The molecular formula is C18H20N4O3. The summed E-state index contributed by atoms with van der Waals surface area (Å²) in [6.45, 7) is 3.65. The van der Waals surface area contributed by atoms with Crippen molar-refractivity contribution in [3.05, 3.63) is 64.0 Å². The maximum absolute atomic E-state index is 12.2. The van der Waals surface area contributed by atoms with E-state index in [-0.39, 0.29) is 24.1 Å². The quantitative estimate of drug-likeness (QED) is 0.666. The first-order valence-electron chi connectivity index (χ1n) is 8.20. The van der Waals surface area contributed by atoms with Crippen LogP contribution in [0, 0.1) is 17.0 Å². The van der Waals surface area contributed by atoms with E-state index >= 15 is 0 Å². The Hall–Kier alpha value is -2.96. The topological polar surface area (TPSA) is 88.4 Å². The van der Waals surface area contributed by atoms with Crippen LogP contribution in [0.2, 0.25) is 0 Å². The molecule has 7 nitrogen and oxygen atoms in total. The molecular weight excluding hydrogens is 320 g/mol. The largest absolute Gasteiger partial charge is 0.368 e. The van der Waals surface area contributed by atoms with Gasteiger partial charge in [0.05, 0.1) is 23.2 Å². The lowest BCUT2D eigenvalue weighted by atomic mass is 10.1. The zero-order valence-electron chi connectivity index (χ0n) is 14.0. The monoisotopic (exact) mass is 340 g/mol. The average molecular weight is 340 g/mol. The fraction of sp³-hybridized carbons (Fsp3) is 0.333. The summed E-state index contributed by atoms with van der Waals surface area (Å²) >= 11 is 0. The highest BCUT2D eigenvalue weighted by Crippen LogP contribution is 2.20. The molecule has 1 N–H and O–H groups in total. The Morgan fingerprint density at radius 1 is 1.36 bits per heavy atom. The molecule has 1 fully saturated rings. The molecule has 3 rings (SSSR count). The number of nitrogens with one attached hydrogen (secondary N) is 1. The number of hydrogen-bond donors (Lipinski definition) is 1. The summed E-state index contributed by atoms with van der Waals surface area (Å²) in [5.41, 5.74) is 2.98. The van der Waals surface area contributed by atoms with Crippen LogP contribution in [0.5, 0.6) is 0 Å². The molecule has 1 aromatic heterocycles. The Morgan fingerprint density at radius 2 is 2.12 bits per heavy atom.